The molecule has 1 saturated heterocycles. The summed E-state index contributed by atoms with van der Waals surface area (Å²) in [5, 5.41) is 0. The fourth-order valence-corrected chi connectivity index (χ4v) is 3.84. The van der Waals surface area contributed by atoms with Crippen molar-refractivity contribution in [2.24, 2.45) is 5.92 Å². The molecule has 1 unspecified atom stereocenters. The van der Waals surface area contributed by atoms with Gasteiger partial charge in [-0.25, -0.2) is 0 Å². The Kier molecular flexibility index (Phi) is 5.03. The van der Waals surface area contributed by atoms with E-state index in [-0.39, 0.29) is 5.91 Å². The molecular formula is C14H18Br2N2O. The van der Waals surface area contributed by atoms with Gasteiger partial charge in [0.15, 0.2) is 0 Å². The van der Waals surface area contributed by atoms with Crippen molar-refractivity contribution in [1.82, 2.24) is 9.80 Å². The Hall–Kier alpha value is -0.390. The second kappa shape index (κ2) is 6.37. The minimum absolute atomic E-state index is 0.0801. The molecule has 1 fully saturated rings. The maximum atomic E-state index is 12.4. The van der Waals surface area contributed by atoms with E-state index in [1.54, 1.807) is 0 Å². The van der Waals surface area contributed by atoms with Crippen molar-refractivity contribution < 1.29 is 4.79 Å². The average molecular weight is 390 g/mol. The molecule has 3 nitrogen and oxygen atoms in total. The van der Waals surface area contributed by atoms with Crippen LogP contribution in [0.5, 0.6) is 0 Å². The first-order chi connectivity index (χ1) is 8.95. The molecule has 1 heterocycles. The van der Waals surface area contributed by atoms with E-state index in [1.807, 2.05) is 30.1 Å². The number of benzene rings is 1. The van der Waals surface area contributed by atoms with Crippen molar-refractivity contribution in [2.45, 2.75) is 6.42 Å². The number of hydrogen-bond acceptors (Lipinski definition) is 2. The lowest BCUT2D eigenvalue weighted by Gasteiger charge is -2.21. The maximum Gasteiger partial charge on any atom is 0.253 e. The van der Waals surface area contributed by atoms with Gasteiger partial charge in [-0.05, 0) is 44.1 Å². The highest BCUT2D eigenvalue weighted by Crippen LogP contribution is 2.22. The molecule has 19 heavy (non-hydrogen) atoms. The lowest BCUT2D eigenvalue weighted by atomic mass is 10.1. The number of carbonyl (C=O) groups excluding carboxylic acids is 1. The molecule has 0 spiro atoms. The molecule has 0 saturated carbocycles. The van der Waals surface area contributed by atoms with Crippen molar-refractivity contribution in [1.29, 1.82) is 0 Å². The number of halogens is 2. The number of hydrogen-bond donors (Lipinski definition) is 0. The van der Waals surface area contributed by atoms with Crippen LogP contribution < -0.4 is 0 Å². The van der Waals surface area contributed by atoms with E-state index < -0.39 is 0 Å². The first-order valence-corrected chi connectivity index (χ1v) is 7.94. The van der Waals surface area contributed by atoms with Gasteiger partial charge >= 0.3 is 0 Å². The molecule has 0 aliphatic carbocycles. The molecule has 0 aromatic heterocycles. The quantitative estimate of drug-likeness (QED) is 0.792. The Labute approximate surface area is 131 Å². The van der Waals surface area contributed by atoms with Crippen LogP contribution in [0.25, 0.3) is 0 Å². The summed E-state index contributed by atoms with van der Waals surface area (Å²) >= 11 is 6.84. The zero-order valence-corrected chi connectivity index (χ0v) is 14.4. The lowest BCUT2D eigenvalue weighted by Crippen LogP contribution is -2.32. The second-order valence-corrected chi connectivity index (χ2v) is 7.09. The van der Waals surface area contributed by atoms with Crippen LogP contribution in [0.3, 0.4) is 0 Å². The van der Waals surface area contributed by atoms with Gasteiger partial charge in [0.25, 0.3) is 5.91 Å². The minimum Gasteiger partial charge on any atom is -0.341 e. The molecular weight excluding hydrogens is 372 g/mol. The third-order valence-electron chi connectivity index (χ3n) is 3.48. The summed E-state index contributed by atoms with van der Waals surface area (Å²) in [5.41, 5.74) is 0.718. The van der Waals surface area contributed by atoms with E-state index >= 15 is 0 Å². The maximum absolute atomic E-state index is 12.4. The predicted octanol–water partition coefficient (Wildman–Crippen LogP) is 3.24. The summed E-state index contributed by atoms with van der Waals surface area (Å²) in [6, 6.07) is 5.66. The van der Waals surface area contributed by atoms with E-state index in [4.69, 9.17) is 0 Å². The third-order valence-corrected chi connectivity index (χ3v) is 4.39. The molecule has 0 N–H and O–H groups in total. The van der Waals surface area contributed by atoms with Crippen LogP contribution in [0.4, 0.5) is 0 Å². The smallest absolute Gasteiger partial charge is 0.253 e. The summed E-state index contributed by atoms with van der Waals surface area (Å²) in [5.74, 6) is 0.672. The van der Waals surface area contributed by atoms with Crippen molar-refractivity contribution in [3.8, 4) is 0 Å². The van der Waals surface area contributed by atoms with Crippen molar-refractivity contribution in [2.75, 3.05) is 33.7 Å². The van der Waals surface area contributed by atoms with Gasteiger partial charge in [-0.2, -0.15) is 0 Å². The molecule has 5 heteroatoms. The number of amides is 1. The van der Waals surface area contributed by atoms with Crippen molar-refractivity contribution in [3.05, 3.63) is 32.7 Å². The number of likely N-dealkylation sites (tertiary alicyclic amines) is 1. The van der Waals surface area contributed by atoms with Gasteiger partial charge in [-0.15, -0.1) is 0 Å². The lowest BCUT2D eigenvalue weighted by molar-refractivity contribution is 0.0774. The Morgan fingerprint density at radius 1 is 1.37 bits per heavy atom. The topological polar surface area (TPSA) is 23.6 Å². The van der Waals surface area contributed by atoms with Gasteiger partial charge in [0.05, 0.1) is 0 Å². The largest absolute Gasteiger partial charge is 0.341 e. The standard InChI is InChI=1S/C14H18Br2N2O/c1-17-4-3-10(8-17)9-18(2)14(19)11-5-12(15)7-13(16)6-11/h5-7,10H,3-4,8-9H2,1-2H3. The SMILES string of the molecule is CN1CCC(CN(C)C(=O)c2cc(Br)cc(Br)c2)C1. The van der Waals surface area contributed by atoms with Crippen molar-refractivity contribution in [3.63, 3.8) is 0 Å². The molecule has 1 amide bonds. The van der Waals surface area contributed by atoms with Gasteiger partial charge in [0.1, 0.15) is 0 Å². The van der Waals surface area contributed by atoms with Gasteiger partial charge in [0.2, 0.25) is 0 Å². The highest BCUT2D eigenvalue weighted by Gasteiger charge is 2.23. The molecule has 104 valence electrons. The van der Waals surface area contributed by atoms with Gasteiger partial charge in [0, 0.05) is 34.6 Å². The molecule has 1 aliphatic heterocycles. The van der Waals surface area contributed by atoms with E-state index in [0.717, 1.165) is 34.1 Å². The zero-order valence-electron chi connectivity index (χ0n) is 11.2. The first kappa shape index (κ1) is 15.0. The molecule has 2 rings (SSSR count). The predicted molar refractivity (Wildman–Crippen MR) is 84.4 cm³/mol. The van der Waals surface area contributed by atoms with Crippen LogP contribution in [0.15, 0.2) is 27.1 Å². The highest BCUT2D eigenvalue weighted by molar-refractivity contribution is 9.11. The van der Waals surface area contributed by atoms with Gasteiger partial charge < -0.3 is 9.80 Å². The van der Waals surface area contributed by atoms with E-state index in [9.17, 15) is 4.79 Å². The fourth-order valence-electron chi connectivity index (χ4n) is 2.54. The zero-order chi connectivity index (χ0) is 14.0. The summed E-state index contributed by atoms with van der Waals surface area (Å²) in [6.07, 6.45) is 1.18. The van der Waals surface area contributed by atoms with Crippen LogP contribution in [-0.2, 0) is 0 Å². The highest BCUT2D eigenvalue weighted by atomic mass is 79.9. The number of carbonyl (C=O) groups is 1. The first-order valence-electron chi connectivity index (χ1n) is 6.36. The molecule has 1 aromatic rings. The van der Waals surface area contributed by atoms with Gasteiger partial charge in [-0.1, -0.05) is 31.9 Å². The van der Waals surface area contributed by atoms with E-state index in [1.165, 1.54) is 6.42 Å². The fraction of sp³-hybridized carbons (Fsp3) is 0.500. The summed E-state index contributed by atoms with van der Waals surface area (Å²) in [7, 11) is 4.02. The Balaban J connectivity index is 2.02. The van der Waals surface area contributed by atoms with Crippen LogP contribution >= 0.6 is 31.9 Å². The molecule has 0 radical (unpaired) electrons. The van der Waals surface area contributed by atoms with Gasteiger partial charge in [-0.3, -0.25) is 4.79 Å². The van der Waals surface area contributed by atoms with E-state index in [2.05, 4.69) is 43.8 Å². The normalized spacial score (nSPS) is 19.7. The Morgan fingerprint density at radius 2 is 2.00 bits per heavy atom. The molecule has 1 aromatic carbocycles. The number of rotatable bonds is 3. The van der Waals surface area contributed by atoms with E-state index in [0.29, 0.717) is 5.92 Å². The van der Waals surface area contributed by atoms with Crippen LogP contribution in [0, 0.1) is 5.92 Å². The summed E-state index contributed by atoms with van der Waals surface area (Å²) in [4.78, 5) is 16.5. The number of nitrogens with zero attached hydrogens (tertiary/aromatic N) is 2. The van der Waals surface area contributed by atoms with Crippen LogP contribution in [0.1, 0.15) is 16.8 Å². The van der Waals surface area contributed by atoms with Crippen LogP contribution in [-0.4, -0.2) is 49.4 Å². The molecule has 0 bridgehead atoms. The molecule has 1 atom stereocenters. The summed E-state index contributed by atoms with van der Waals surface area (Å²) in [6.45, 7) is 3.04. The average Bonchev–Trinajstić information content (AvgIpc) is 2.72. The second-order valence-electron chi connectivity index (χ2n) is 5.26. The summed E-state index contributed by atoms with van der Waals surface area (Å²) < 4.78 is 1.83. The Morgan fingerprint density at radius 3 is 2.53 bits per heavy atom. The third kappa shape index (κ3) is 4.04. The van der Waals surface area contributed by atoms with Crippen LogP contribution in [0.2, 0.25) is 0 Å². The van der Waals surface area contributed by atoms with Crippen molar-refractivity contribution >= 4 is 37.8 Å². The Bertz CT molecular complexity index is 458. The molecule has 1 aliphatic rings. The minimum atomic E-state index is 0.0801. The monoisotopic (exact) mass is 388 g/mol.